The molecule has 0 radical (unpaired) electrons. The van der Waals surface area contributed by atoms with Crippen molar-refractivity contribution in [3.8, 4) is 11.5 Å². The van der Waals surface area contributed by atoms with Gasteiger partial charge in [0.15, 0.2) is 0 Å². The largest absolute Gasteiger partial charge is 0.493 e. The summed E-state index contributed by atoms with van der Waals surface area (Å²) in [4.78, 5) is 1.23. The van der Waals surface area contributed by atoms with Gasteiger partial charge in [-0.1, -0.05) is 49.7 Å². The lowest BCUT2D eigenvalue weighted by molar-refractivity contribution is -0.0206. The Balaban J connectivity index is 1.55. The lowest BCUT2D eigenvalue weighted by Crippen LogP contribution is -2.34. The summed E-state index contributed by atoms with van der Waals surface area (Å²) in [5.41, 5.74) is 3.35. The van der Waals surface area contributed by atoms with Crippen LogP contribution in [0.3, 0.4) is 0 Å². The molecule has 4 nitrogen and oxygen atoms in total. The molecule has 3 aromatic rings. The maximum atomic E-state index is 6.49. The predicted octanol–water partition coefficient (Wildman–Crippen LogP) is 6.17. The number of ether oxygens (including phenoxy) is 2. The van der Waals surface area contributed by atoms with Crippen LogP contribution < -0.4 is 9.47 Å². The first kappa shape index (κ1) is 18.3. The van der Waals surface area contributed by atoms with Crippen molar-refractivity contribution < 1.29 is 9.47 Å². The fourth-order valence-corrected chi connectivity index (χ4v) is 4.69. The minimum absolute atomic E-state index is 0.172. The normalized spacial score (nSPS) is 19.9. The molecule has 0 saturated carbocycles. The molecule has 2 aliphatic heterocycles. The van der Waals surface area contributed by atoms with Gasteiger partial charge in [-0.2, -0.15) is 5.10 Å². The topological polar surface area (TPSA) is 34.1 Å². The van der Waals surface area contributed by atoms with E-state index in [9.17, 15) is 0 Å². The minimum Gasteiger partial charge on any atom is -0.493 e. The second-order valence-electron chi connectivity index (χ2n) is 7.37. The van der Waals surface area contributed by atoms with E-state index >= 15 is 0 Å². The zero-order valence-electron chi connectivity index (χ0n) is 16.5. The van der Waals surface area contributed by atoms with Gasteiger partial charge < -0.3 is 9.47 Å². The SMILES string of the molecule is CCCCOc1ccccc1[C@H]1Oc2ccccc2[C@@H]2CC(c3cccs3)=NN12. The second-order valence-corrected chi connectivity index (χ2v) is 8.32. The molecule has 0 N–H and O–H groups in total. The first-order chi connectivity index (χ1) is 14.3. The fraction of sp³-hybridized carbons (Fsp3) is 0.292. The number of para-hydroxylation sites is 2. The molecule has 0 amide bonds. The van der Waals surface area contributed by atoms with E-state index in [0.29, 0.717) is 6.61 Å². The molecule has 0 unspecified atom stereocenters. The molecule has 2 atom stereocenters. The van der Waals surface area contributed by atoms with E-state index in [-0.39, 0.29) is 12.3 Å². The van der Waals surface area contributed by atoms with Crippen molar-refractivity contribution in [2.24, 2.45) is 5.10 Å². The Morgan fingerprint density at radius 1 is 1.07 bits per heavy atom. The van der Waals surface area contributed by atoms with Crippen LogP contribution in [0.4, 0.5) is 0 Å². The van der Waals surface area contributed by atoms with Crippen molar-refractivity contribution in [1.82, 2.24) is 5.01 Å². The van der Waals surface area contributed by atoms with E-state index in [2.05, 4.69) is 53.7 Å². The van der Waals surface area contributed by atoms with Crippen LogP contribution >= 0.6 is 11.3 Å². The third-order valence-electron chi connectivity index (χ3n) is 5.45. The molecule has 0 saturated heterocycles. The first-order valence-corrected chi connectivity index (χ1v) is 11.1. The van der Waals surface area contributed by atoms with Crippen molar-refractivity contribution in [2.75, 3.05) is 6.61 Å². The number of thiophene rings is 1. The molecule has 1 aromatic heterocycles. The van der Waals surface area contributed by atoms with Crippen molar-refractivity contribution in [1.29, 1.82) is 0 Å². The van der Waals surface area contributed by atoms with E-state index in [1.54, 1.807) is 11.3 Å². The van der Waals surface area contributed by atoms with Crippen LogP contribution in [0, 0.1) is 0 Å². The highest BCUT2D eigenvalue weighted by Crippen LogP contribution is 2.48. The number of fused-ring (bicyclic) bond motifs is 3. The Kier molecular flexibility index (Phi) is 4.98. The summed E-state index contributed by atoms with van der Waals surface area (Å²) in [7, 11) is 0. The average Bonchev–Trinajstić information content (AvgIpc) is 3.44. The van der Waals surface area contributed by atoms with Crippen LogP contribution in [0.25, 0.3) is 0 Å². The van der Waals surface area contributed by atoms with Gasteiger partial charge in [0, 0.05) is 12.0 Å². The van der Waals surface area contributed by atoms with Crippen LogP contribution in [0.1, 0.15) is 54.5 Å². The minimum atomic E-state index is -0.301. The summed E-state index contributed by atoms with van der Waals surface area (Å²) in [6, 6.07) is 20.9. The average molecular weight is 405 g/mol. The van der Waals surface area contributed by atoms with Crippen molar-refractivity contribution in [2.45, 2.75) is 38.5 Å². The third-order valence-corrected chi connectivity index (χ3v) is 6.36. The van der Waals surface area contributed by atoms with Crippen LogP contribution in [0.5, 0.6) is 11.5 Å². The molecule has 0 aliphatic carbocycles. The maximum absolute atomic E-state index is 6.49. The molecule has 0 spiro atoms. The Bertz CT molecular complexity index is 1020. The standard InChI is InChI=1S/C24H24N2O2S/c1-2-3-14-27-21-11-6-5-10-18(21)24-26-20(17-9-4-7-12-22(17)28-24)16-19(25-26)23-13-8-15-29-23/h4-13,15,20,24H,2-3,14,16H2,1H3/t20-,24+/m0/s1. The first-order valence-electron chi connectivity index (χ1n) is 10.2. The zero-order valence-corrected chi connectivity index (χ0v) is 17.3. The Morgan fingerprint density at radius 3 is 2.72 bits per heavy atom. The fourth-order valence-electron chi connectivity index (χ4n) is 3.97. The molecule has 2 aromatic carbocycles. The monoisotopic (exact) mass is 404 g/mol. The Morgan fingerprint density at radius 2 is 1.90 bits per heavy atom. The molecule has 0 bridgehead atoms. The molecule has 5 heteroatoms. The molecule has 2 aliphatic rings. The predicted molar refractivity (Wildman–Crippen MR) is 117 cm³/mol. The highest BCUT2D eigenvalue weighted by molar-refractivity contribution is 7.12. The van der Waals surface area contributed by atoms with Gasteiger partial charge in [0.25, 0.3) is 0 Å². The number of benzene rings is 2. The summed E-state index contributed by atoms with van der Waals surface area (Å²) in [6.07, 6.45) is 2.73. The molecular formula is C24H24N2O2S. The lowest BCUT2D eigenvalue weighted by Gasteiger charge is -2.38. The quantitative estimate of drug-likeness (QED) is 0.461. The maximum Gasteiger partial charge on any atom is 0.217 e. The van der Waals surface area contributed by atoms with Crippen molar-refractivity contribution in [3.05, 3.63) is 82.0 Å². The zero-order chi connectivity index (χ0) is 19.6. The van der Waals surface area contributed by atoms with Gasteiger partial charge in [0.1, 0.15) is 11.5 Å². The molecule has 148 valence electrons. The van der Waals surface area contributed by atoms with E-state index in [1.165, 1.54) is 10.4 Å². The van der Waals surface area contributed by atoms with Gasteiger partial charge in [-0.05, 0) is 36.1 Å². The molecule has 5 rings (SSSR count). The Labute approximate surface area is 175 Å². The van der Waals surface area contributed by atoms with E-state index in [4.69, 9.17) is 14.6 Å². The summed E-state index contributed by atoms with van der Waals surface area (Å²) in [5, 5.41) is 9.26. The smallest absolute Gasteiger partial charge is 0.217 e. The number of unbranched alkanes of at least 4 members (excludes halogenated alkanes) is 1. The third kappa shape index (κ3) is 3.40. The molecular weight excluding hydrogens is 380 g/mol. The number of hydrazone groups is 1. The van der Waals surface area contributed by atoms with Gasteiger partial charge in [-0.25, -0.2) is 5.01 Å². The van der Waals surface area contributed by atoms with Gasteiger partial charge >= 0.3 is 0 Å². The van der Waals surface area contributed by atoms with E-state index in [1.807, 2.05) is 24.3 Å². The summed E-state index contributed by atoms with van der Waals surface area (Å²) < 4.78 is 12.6. The number of nitrogens with zero attached hydrogens (tertiary/aromatic N) is 2. The van der Waals surface area contributed by atoms with Crippen LogP contribution in [-0.2, 0) is 0 Å². The summed E-state index contributed by atoms with van der Waals surface area (Å²) >= 11 is 1.74. The Hall–Kier alpha value is -2.79. The highest BCUT2D eigenvalue weighted by Gasteiger charge is 2.41. The van der Waals surface area contributed by atoms with Gasteiger partial charge in [0.05, 0.1) is 28.8 Å². The molecule has 0 fully saturated rings. The summed E-state index contributed by atoms with van der Waals surface area (Å²) in [6.45, 7) is 2.88. The van der Waals surface area contributed by atoms with Crippen LogP contribution in [0.2, 0.25) is 0 Å². The molecule has 29 heavy (non-hydrogen) atoms. The van der Waals surface area contributed by atoms with E-state index < -0.39 is 0 Å². The lowest BCUT2D eigenvalue weighted by atomic mass is 9.97. The van der Waals surface area contributed by atoms with Crippen molar-refractivity contribution >= 4 is 17.0 Å². The highest BCUT2D eigenvalue weighted by atomic mass is 32.1. The number of hydrogen-bond donors (Lipinski definition) is 0. The number of rotatable bonds is 6. The van der Waals surface area contributed by atoms with Gasteiger partial charge in [-0.15, -0.1) is 11.3 Å². The van der Waals surface area contributed by atoms with Crippen molar-refractivity contribution in [3.63, 3.8) is 0 Å². The second kappa shape index (κ2) is 7.91. The van der Waals surface area contributed by atoms with E-state index in [0.717, 1.165) is 42.0 Å². The van der Waals surface area contributed by atoms with Gasteiger partial charge in [0.2, 0.25) is 6.23 Å². The number of hydrogen-bond acceptors (Lipinski definition) is 5. The van der Waals surface area contributed by atoms with Gasteiger partial charge in [-0.3, -0.25) is 0 Å². The van der Waals surface area contributed by atoms with Crippen LogP contribution in [0.15, 0.2) is 71.1 Å². The summed E-state index contributed by atoms with van der Waals surface area (Å²) in [5.74, 6) is 1.81. The van der Waals surface area contributed by atoms with Crippen LogP contribution in [-0.4, -0.2) is 17.3 Å². The molecule has 3 heterocycles.